The highest BCUT2D eigenvalue weighted by molar-refractivity contribution is 7.91. The first kappa shape index (κ1) is 20.7. The molecule has 0 unspecified atom stereocenters. The molecule has 1 aliphatic rings. The van der Waals surface area contributed by atoms with Crippen LogP contribution >= 0.6 is 0 Å². The monoisotopic (exact) mass is 381 g/mol. The van der Waals surface area contributed by atoms with E-state index in [1.807, 2.05) is 23.1 Å². The Labute approximate surface area is 157 Å². The second-order valence-electron chi connectivity index (χ2n) is 6.93. The summed E-state index contributed by atoms with van der Waals surface area (Å²) in [5.41, 5.74) is 1.20. The molecule has 6 nitrogen and oxygen atoms in total. The fraction of sp³-hybridized carbons (Fsp3) is 0.632. The van der Waals surface area contributed by atoms with Crippen molar-refractivity contribution in [2.45, 2.75) is 32.2 Å². The summed E-state index contributed by atoms with van der Waals surface area (Å²) in [5.74, 6) is 0.102. The molecule has 0 aromatic heterocycles. The number of hydrogen-bond donors (Lipinski definition) is 1. The van der Waals surface area contributed by atoms with Gasteiger partial charge in [0.15, 0.2) is 9.84 Å². The minimum Gasteiger partial charge on any atom is -0.337 e. The Morgan fingerprint density at radius 1 is 1.23 bits per heavy atom. The zero-order valence-corrected chi connectivity index (χ0v) is 16.7. The zero-order chi connectivity index (χ0) is 19.0. The van der Waals surface area contributed by atoms with Crippen molar-refractivity contribution in [3.8, 4) is 0 Å². The molecule has 1 aromatic carbocycles. The Balaban J connectivity index is 1.96. The number of nitrogens with zero attached hydrogens (tertiary/aromatic N) is 2. The maximum atomic E-state index is 12.7. The maximum Gasteiger partial charge on any atom is 0.317 e. The van der Waals surface area contributed by atoms with E-state index in [4.69, 9.17) is 0 Å². The van der Waals surface area contributed by atoms with Gasteiger partial charge in [0, 0.05) is 24.9 Å². The molecule has 0 aliphatic carbocycles. The Morgan fingerprint density at radius 3 is 2.50 bits per heavy atom. The SMILES string of the molecule is CCS(=O)(=O)CCNC(=O)N(CCc1ccccc1)C1CCN(C)CC1. The van der Waals surface area contributed by atoms with Crippen molar-refractivity contribution in [3.63, 3.8) is 0 Å². The van der Waals surface area contributed by atoms with Crippen LogP contribution < -0.4 is 5.32 Å². The second-order valence-corrected chi connectivity index (χ2v) is 9.40. The molecule has 0 radical (unpaired) electrons. The fourth-order valence-electron chi connectivity index (χ4n) is 3.21. The number of hydrogen-bond acceptors (Lipinski definition) is 4. The molecule has 7 heteroatoms. The average molecular weight is 382 g/mol. The molecule has 1 aromatic rings. The van der Waals surface area contributed by atoms with E-state index < -0.39 is 9.84 Å². The van der Waals surface area contributed by atoms with Crippen LogP contribution in [0.15, 0.2) is 30.3 Å². The normalized spacial score (nSPS) is 16.4. The summed E-state index contributed by atoms with van der Waals surface area (Å²) in [6, 6.07) is 10.2. The van der Waals surface area contributed by atoms with E-state index >= 15 is 0 Å². The number of sulfone groups is 1. The first-order valence-electron chi connectivity index (χ1n) is 9.38. The molecule has 2 rings (SSSR count). The predicted octanol–water partition coefficient (Wildman–Crippen LogP) is 1.77. The van der Waals surface area contributed by atoms with Crippen LogP contribution in [0.2, 0.25) is 0 Å². The molecule has 2 amide bonds. The number of likely N-dealkylation sites (tertiary alicyclic amines) is 1. The van der Waals surface area contributed by atoms with Gasteiger partial charge in [0.05, 0.1) is 5.75 Å². The van der Waals surface area contributed by atoms with Gasteiger partial charge in [-0.2, -0.15) is 0 Å². The van der Waals surface area contributed by atoms with Crippen LogP contribution in [-0.4, -0.2) is 75.0 Å². The van der Waals surface area contributed by atoms with E-state index in [1.165, 1.54) is 5.56 Å². The first-order chi connectivity index (χ1) is 12.4. The Hall–Kier alpha value is -1.60. The summed E-state index contributed by atoms with van der Waals surface area (Å²) in [4.78, 5) is 16.9. The lowest BCUT2D eigenvalue weighted by Gasteiger charge is -2.37. The number of urea groups is 1. The lowest BCUT2D eigenvalue weighted by molar-refractivity contribution is 0.132. The standard InChI is InChI=1S/C19H31N3O3S/c1-3-26(24,25)16-12-20-19(23)22(18-10-13-21(2)14-11-18)15-9-17-7-5-4-6-8-17/h4-8,18H,3,9-16H2,1-2H3,(H,20,23). The van der Waals surface area contributed by atoms with Gasteiger partial charge in [-0.1, -0.05) is 37.3 Å². The molecule has 1 saturated heterocycles. The summed E-state index contributed by atoms with van der Waals surface area (Å²) < 4.78 is 23.3. The third-order valence-electron chi connectivity index (χ3n) is 5.00. The van der Waals surface area contributed by atoms with E-state index in [1.54, 1.807) is 6.92 Å². The summed E-state index contributed by atoms with van der Waals surface area (Å²) in [6.07, 6.45) is 2.70. The van der Waals surface area contributed by atoms with Gasteiger partial charge in [0.25, 0.3) is 0 Å². The van der Waals surface area contributed by atoms with E-state index in [0.29, 0.717) is 6.54 Å². The van der Waals surface area contributed by atoms with Gasteiger partial charge in [0.1, 0.15) is 0 Å². The molecule has 0 saturated carbocycles. The van der Waals surface area contributed by atoms with E-state index in [2.05, 4.69) is 29.4 Å². The number of carbonyl (C=O) groups is 1. The highest BCUT2D eigenvalue weighted by Crippen LogP contribution is 2.16. The molecule has 0 atom stereocenters. The van der Waals surface area contributed by atoms with Gasteiger partial charge in [-0.3, -0.25) is 0 Å². The van der Waals surface area contributed by atoms with Crippen LogP contribution in [0.1, 0.15) is 25.3 Å². The van der Waals surface area contributed by atoms with Crippen LogP contribution in [0.4, 0.5) is 4.79 Å². The summed E-state index contributed by atoms with van der Waals surface area (Å²) >= 11 is 0. The van der Waals surface area contributed by atoms with Crippen molar-refractivity contribution in [2.75, 3.05) is 44.7 Å². The number of carbonyl (C=O) groups excluding carboxylic acids is 1. The molecule has 1 aliphatic heterocycles. The molecule has 1 heterocycles. The van der Waals surface area contributed by atoms with Gasteiger partial charge in [0.2, 0.25) is 0 Å². The summed E-state index contributed by atoms with van der Waals surface area (Å²) in [6.45, 7) is 4.39. The molecule has 26 heavy (non-hydrogen) atoms. The molecule has 0 bridgehead atoms. The zero-order valence-electron chi connectivity index (χ0n) is 15.9. The number of benzene rings is 1. The number of amides is 2. The minimum atomic E-state index is -3.07. The second kappa shape index (κ2) is 9.92. The van der Waals surface area contributed by atoms with Crippen LogP contribution in [0.25, 0.3) is 0 Å². The largest absolute Gasteiger partial charge is 0.337 e. The van der Waals surface area contributed by atoms with Crippen LogP contribution in [0, 0.1) is 0 Å². The summed E-state index contributed by atoms with van der Waals surface area (Å²) in [5, 5.41) is 2.81. The highest BCUT2D eigenvalue weighted by Gasteiger charge is 2.26. The van der Waals surface area contributed by atoms with Crippen molar-refractivity contribution >= 4 is 15.9 Å². The van der Waals surface area contributed by atoms with Crippen LogP contribution in [0.5, 0.6) is 0 Å². The van der Waals surface area contributed by atoms with Crippen molar-refractivity contribution in [2.24, 2.45) is 0 Å². The lowest BCUT2D eigenvalue weighted by atomic mass is 10.0. The smallest absolute Gasteiger partial charge is 0.317 e. The van der Waals surface area contributed by atoms with Crippen LogP contribution in [0.3, 0.4) is 0 Å². The van der Waals surface area contributed by atoms with Crippen molar-refractivity contribution in [1.29, 1.82) is 0 Å². The van der Waals surface area contributed by atoms with Crippen molar-refractivity contribution in [3.05, 3.63) is 35.9 Å². The molecule has 146 valence electrons. The molecule has 1 N–H and O–H groups in total. The van der Waals surface area contributed by atoms with Crippen molar-refractivity contribution in [1.82, 2.24) is 15.1 Å². The number of nitrogens with one attached hydrogen (secondary N) is 1. The Kier molecular flexibility index (Phi) is 7.90. The Bertz CT molecular complexity index is 656. The fourth-order valence-corrected chi connectivity index (χ4v) is 3.91. The summed E-state index contributed by atoms with van der Waals surface area (Å²) in [7, 11) is -0.971. The topological polar surface area (TPSA) is 69.7 Å². The highest BCUT2D eigenvalue weighted by atomic mass is 32.2. The van der Waals surface area contributed by atoms with Crippen molar-refractivity contribution < 1.29 is 13.2 Å². The van der Waals surface area contributed by atoms with Gasteiger partial charge >= 0.3 is 6.03 Å². The van der Waals surface area contributed by atoms with E-state index in [-0.39, 0.29) is 30.1 Å². The third-order valence-corrected chi connectivity index (χ3v) is 6.71. The predicted molar refractivity (Wildman–Crippen MR) is 105 cm³/mol. The van der Waals surface area contributed by atoms with E-state index in [0.717, 1.165) is 32.4 Å². The average Bonchev–Trinajstić information content (AvgIpc) is 2.64. The lowest BCUT2D eigenvalue weighted by Crippen LogP contribution is -2.51. The number of rotatable bonds is 8. The molecule has 0 spiro atoms. The Morgan fingerprint density at radius 2 is 1.88 bits per heavy atom. The van der Waals surface area contributed by atoms with Gasteiger partial charge in [-0.15, -0.1) is 0 Å². The van der Waals surface area contributed by atoms with Gasteiger partial charge in [-0.05, 0) is 45.0 Å². The quantitative estimate of drug-likeness (QED) is 0.745. The molecular formula is C19H31N3O3S. The maximum absolute atomic E-state index is 12.7. The first-order valence-corrected chi connectivity index (χ1v) is 11.2. The van der Waals surface area contributed by atoms with Gasteiger partial charge in [-0.25, -0.2) is 13.2 Å². The number of piperidine rings is 1. The van der Waals surface area contributed by atoms with Gasteiger partial charge < -0.3 is 15.1 Å². The molecular weight excluding hydrogens is 350 g/mol. The minimum absolute atomic E-state index is 0.00479. The van der Waals surface area contributed by atoms with E-state index in [9.17, 15) is 13.2 Å². The van der Waals surface area contributed by atoms with Crippen LogP contribution in [-0.2, 0) is 16.3 Å². The molecule has 1 fully saturated rings. The third kappa shape index (κ3) is 6.61.